The van der Waals surface area contributed by atoms with E-state index in [2.05, 4.69) is 15.5 Å². The van der Waals surface area contributed by atoms with E-state index in [-0.39, 0.29) is 5.69 Å². The fourth-order valence-electron chi connectivity index (χ4n) is 0.670. The van der Waals surface area contributed by atoms with Gasteiger partial charge in [0.15, 0.2) is 0 Å². The highest BCUT2D eigenvalue weighted by atomic mass is 16.6. The van der Waals surface area contributed by atoms with Crippen molar-refractivity contribution in [2.45, 2.75) is 0 Å². The monoisotopic (exact) mass is 181 g/mol. The van der Waals surface area contributed by atoms with Crippen LogP contribution in [0.15, 0.2) is 18.3 Å². The third-order valence-corrected chi connectivity index (χ3v) is 1.19. The number of ether oxygens (including phenoxy) is 1. The van der Waals surface area contributed by atoms with Gasteiger partial charge in [0, 0.05) is 0 Å². The Hall–Kier alpha value is -2.11. The van der Waals surface area contributed by atoms with Crippen LogP contribution < -0.4 is 11.5 Å². The minimum absolute atomic E-state index is 0.0204. The maximum Gasteiger partial charge on any atom is 0.412 e. The molecule has 0 aliphatic rings. The number of hydrogen-bond donors (Lipinski definition) is 2. The maximum atomic E-state index is 10.9. The number of aromatic nitrogens is 1. The lowest BCUT2D eigenvalue weighted by atomic mass is 10.3. The highest BCUT2D eigenvalue weighted by Gasteiger charge is 2.10. The summed E-state index contributed by atoms with van der Waals surface area (Å²) < 4.78 is 4.07. The van der Waals surface area contributed by atoms with Gasteiger partial charge in [0.05, 0.1) is 11.9 Å². The van der Waals surface area contributed by atoms with E-state index in [9.17, 15) is 9.59 Å². The molecule has 0 unspecified atom stereocenters. The van der Waals surface area contributed by atoms with Gasteiger partial charge in [-0.1, -0.05) is 0 Å². The van der Waals surface area contributed by atoms with Gasteiger partial charge in [0.1, 0.15) is 5.69 Å². The number of amides is 1. The Labute approximate surface area is 73.5 Å². The number of nitrogens with two attached hydrogens (primary N) is 2. The number of carbonyl (C=O) groups excluding carboxylic acids is 2. The lowest BCUT2D eigenvalue weighted by Crippen LogP contribution is -2.19. The van der Waals surface area contributed by atoms with Crippen LogP contribution in [0, 0.1) is 0 Å². The fourth-order valence-corrected chi connectivity index (χ4v) is 0.670. The lowest BCUT2D eigenvalue weighted by molar-refractivity contribution is 0.0632. The van der Waals surface area contributed by atoms with E-state index >= 15 is 0 Å². The Morgan fingerprint density at radius 3 is 2.54 bits per heavy atom. The molecule has 0 bridgehead atoms. The molecule has 0 atom stereocenters. The van der Waals surface area contributed by atoms with E-state index in [0.717, 1.165) is 0 Å². The van der Waals surface area contributed by atoms with Gasteiger partial charge >= 0.3 is 12.1 Å². The SMILES string of the molecule is NC(=O)OC(=O)c1ccc(N)cn1. The largest absolute Gasteiger partial charge is 0.412 e. The number of esters is 1. The van der Waals surface area contributed by atoms with Crippen molar-refractivity contribution in [2.24, 2.45) is 5.73 Å². The van der Waals surface area contributed by atoms with Crippen LogP contribution in [-0.4, -0.2) is 17.0 Å². The van der Waals surface area contributed by atoms with Crippen molar-refractivity contribution in [3.63, 3.8) is 0 Å². The number of anilines is 1. The Morgan fingerprint density at radius 2 is 2.08 bits per heavy atom. The highest BCUT2D eigenvalue weighted by Crippen LogP contribution is 2.02. The first-order chi connectivity index (χ1) is 6.09. The number of nitrogen functional groups attached to an aromatic ring is 1. The smallest absolute Gasteiger partial charge is 0.397 e. The molecule has 6 heteroatoms. The molecule has 68 valence electrons. The molecule has 0 aliphatic heterocycles. The van der Waals surface area contributed by atoms with E-state index in [1.807, 2.05) is 0 Å². The molecule has 13 heavy (non-hydrogen) atoms. The zero-order valence-electron chi connectivity index (χ0n) is 6.56. The first kappa shape index (κ1) is 8.98. The zero-order chi connectivity index (χ0) is 9.84. The molecule has 0 fully saturated rings. The maximum absolute atomic E-state index is 10.9. The second kappa shape index (κ2) is 3.53. The summed E-state index contributed by atoms with van der Waals surface area (Å²) in [6.07, 6.45) is 0.112. The molecule has 0 aromatic carbocycles. The van der Waals surface area contributed by atoms with Crippen LogP contribution in [0.5, 0.6) is 0 Å². The molecule has 0 saturated carbocycles. The molecule has 1 rings (SSSR count). The van der Waals surface area contributed by atoms with Gasteiger partial charge in [-0.3, -0.25) is 0 Å². The normalized spacial score (nSPS) is 9.23. The summed E-state index contributed by atoms with van der Waals surface area (Å²) in [6.45, 7) is 0. The second-order valence-electron chi connectivity index (χ2n) is 2.19. The van der Waals surface area contributed by atoms with Crippen molar-refractivity contribution in [1.29, 1.82) is 0 Å². The van der Waals surface area contributed by atoms with Crippen molar-refractivity contribution in [3.8, 4) is 0 Å². The van der Waals surface area contributed by atoms with Crippen LogP contribution in [0.4, 0.5) is 10.5 Å². The Balaban J connectivity index is 2.78. The van der Waals surface area contributed by atoms with Gasteiger partial charge in [0.2, 0.25) is 0 Å². The summed E-state index contributed by atoms with van der Waals surface area (Å²) in [5, 5.41) is 0. The van der Waals surface area contributed by atoms with Crippen molar-refractivity contribution in [2.75, 3.05) is 5.73 Å². The molecule has 6 nitrogen and oxygen atoms in total. The van der Waals surface area contributed by atoms with Crippen LogP contribution in [-0.2, 0) is 4.74 Å². The molecule has 4 N–H and O–H groups in total. The quantitative estimate of drug-likeness (QED) is 0.464. The molecular weight excluding hydrogens is 174 g/mol. The molecule has 1 heterocycles. The lowest BCUT2D eigenvalue weighted by Gasteiger charge is -1.98. The number of hydrogen-bond acceptors (Lipinski definition) is 5. The second-order valence-corrected chi connectivity index (χ2v) is 2.19. The molecule has 0 aliphatic carbocycles. The third-order valence-electron chi connectivity index (χ3n) is 1.19. The minimum Gasteiger partial charge on any atom is -0.397 e. The molecular formula is C7H7N3O3. The third kappa shape index (κ3) is 2.44. The first-order valence-corrected chi connectivity index (χ1v) is 3.33. The number of rotatable bonds is 1. The summed E-state index contributed by atoms with van der Waals surface area (Å²) in [5.41, 5.74) is 10.3. The van der Waals surface area contributed by atoms with Crippen LogP contribution in [0.1, 0.15) is 10.5 Å². The Morgan fingerprint density at radius 1 is 1.38 bits per heavy atom. The van der Waals surface area contributed by atoms with Crippen molar-refractivity contribution in [3.05, 3.63) is 24.0 Å². The molecule has 1 aromatic heterocycles. The van der Waals surface area contributed by atoms with Crippen molar-refractivity contribution in [1.82, 2.24) is 4.98 Å². The molecule has 0 radical (unpaired) electrons. The summed E-state index contributed by atoms with van der Waals surface area (Å²) in [5.74, 6) is -0.896. The molecule has 0 saturated heterocycles. The minimum atomic E-state index is -1.16. The van der Waals surface area contributed by atoms with Gasteiger partial charge in [0.25, 0.3) is 0 Å². The van der Waals surface area contributed by atoms with E-state index in [1.165, 1.54) is 18.3 Å². The van der Waals surface area contributed by atoms with E-state index in [4.69, 9.17) is 5.73 Å². The number of primary amides is 1. The van der Waals surface area contributed by atoms with Gasteiger partial charge in [-0.05, 0) is 12.1 Å². The predicted octanol–water partition coefficient (Wildman–Crippen LogP) is -0.101. The topological polar surface area (TPSA) is 108 Å². The van der Waals surface area contributed by atoms with Crippen LogP contribution in [0.2, 0.25) is 0 Å². The van der Waals surface area contributed by atoms with E-state index in [0.29, 0.717) is 5.69 Å². The highest BCUT2D eigenvalue weighted by molar-refractivity contribution is 5.94. The predicted molar refractivity (Wildman–Crippen MR) is 43.6 cm³/mol. The van der Waals surface area contributed by atoms with E-state index < -0.39 is 12.1 Å². The van der Waals surface area contributed by atoms with Crippen LogP contribution in [0.3, 0.4) is 0 Å². The average Bonchev–Trinajstić information content (AvgIpc) is 2.04. The van der Waals surface area contributed by atoms with Gasteiger partial charge in [-0.15, -0.1) is 0 Å². The summed E-state index contributed by atoms with van der Waals surface area (Å²) in [6, 6.07) is 2.80. The Bertz CT molecular complexity index is 333. The average molecular weight is 181 g/mol. The zero-order valence-corrected chi connectivity index (χ0v) is 6.56. The number of nitrogens with zero attached hydrogens (tertiary/aromatic N) is 1. The molecule has 1 amide bonds. The van der Waals surface area contributed by atoms with Crippen LogP contribution in [0.25, 0.3) is 0 Å². The summed E-state index contributed by atoms with van der Waals surface area (Å²) in [7, 11) is 0. The number of pyridine rings is 1. The molecule has 1 aromatic rings. The Kier molecular flexibility index (Phi) is 2.44. The van der Waals surface area contributed by atoms with Gasteiger partial charge < -0.3 is 16.2 Å². The van der Waals surface area contributed by atoms with Gasteiger partial charge in [-0.2, -0.15) is 0 Å². The number of carbonyl (C=O) groups is 2. The fraction of sp³-hybridized carbons (Fsp3) is 0. The van der Waals surface area contributed by atoms with E-state index in [1.54, 1.807) is 0 Å². The first-order valence-electron chi connectivity index (χ1n) is 3.33. The summed E-state index contributed by atoms with van der Waals surface area (Å²) in [4.78, 5) is 24.7. The van der Waals surface area contributed by atoms with Crippen molar-refractivity contribution >= 4 is 17.7 Å². The van der Waals surface area contributed by atoms with Gasteiger partial charge in [-0.25, -0.2) is 14.6 Å². The molecule has 0 spiro atoms. The van der Waals surface area contributed by atoms with Crippen molar-refractivity contribution < 1.29 is 14.3 Å². The van der Waals surface area contributed by atoms with Crippen LogP contribution >= 0.6 is 0 Å². The standard InChI is InChI=1S/C7H7N3O3/c8-4-1-2-5(10-3-4)6(11)13-7(9)12/h1-3H,8H2,(H2,9,12). The summed E-state index contributed by atoms with van der Waals surface area (Å²) >= 11 is 0.